The molecular weight excluding hydrogens is 450 g/mol. The van der Waals surface area contributed by atoms with Crippen molar-refractivity contribution in [3.8, 4) is 0 Å². The Morgan fingerprint density at radius 3 is 2.17 bits per heavy atom. The van der Waals surface area contributed by atoms with E-state index >= 15 is 0 Å². The fourth-order valence-corrected chi connectivity index (χ4v) is 3.90. The van der Waals surface area contributed by atoms with Crippen LogP contribution in [0.3, 0.4) is 0 Å². The second-order valence-electron chi connectivity index (χ2n) is 10.8. The molecule has 0 spiro atoms. The number of carbonyl (C=O) groups excluding carboxylic acids is 3. The monoisotopic (exact) mass is 495 g/mol. The minimum atomic E-state index is -0.679. The maximum absolute atomic E-state index is 13.2. The van der Waals surface area contributed by atoms with Crippen LogP contribution >= 0.6 is 0 Å². The van der Waals surface area contributed by atoms with E-state index in [1.165, 1.54) is 0 Å². The van der Waals surface area contributed by atoms with E-state index in [4.69, 9.17) is 4.74 Å². The summed E-state index contributed by atoms with van der Waals surface area (Å²) in [4.78, 5) is 38.1. The number of aryl methyl sites for hydroxylation is 1. The van der Waals surface area contributed by atoms with Gasteiger partial charge in [0.1, 0.15) is 11.4 Å². The van der Waals surface area contributed by atoms with Gasteiger partial charge in [0.2, 0.25) is 5.91 Å². The van der Waals surface area contributed by atoms with Crippen molar-refractivity contribution in [2.75, 3.05) is 7.05 Å². The molecule has 0 aliphatic rings. The Bertz CT molecular complexity index is 1060. The molecule has 1 aromatic rings. The van der Waals surface area contributed by atoms with Gasteiger partial charge in [0.15, 0.2) is 0 Å². The van der Waals surface area contributed by atoms with Crippen LogP contribution in [0.2, 0.25) is 0 Å². The van der Waals surface area contributed by atoms with Crippen LogP contribution in [0.5, 0.6) is 0 Å². The molecule has 36 heavy (non-hydrogen) atoms. The van der Waals surface area contributed by atoms with Gasteiger partial charge in [0, 0.05) is 30.9 Å². The zero-order valence-corrected chi connectivity index (χ0v) is 24.1. The van der Waals surface area contributed by atoms with E-state index in [-0.39, 0.29) is 23.5 Å². The number of Topliss-reactive ketones (excluding diaryl/α,β-unsaturated/α-hetero) is 1. The molecule has 1 amide bonds. The lowest BCUT2D eigenvalue weighted by atomic mass is 9.82. The van der Waals surface area contributed by atoms with Gasteiger partial charge < -0.3 is 10.1 Å². The molecule has 0 radical (unpaired) electrons. The number of hydrogen-bond acceptors (Lipinski definition) is 4. The molecule has 198 valence electrons. The zero-order chi connectivity index (χ0) is 27.8. The molecule has 1 aromatic carbocycles. The number of hydrogen-bond donors (Lipinski definition) is 1. The van der Waals surface area contributed by atoms with E-state index in [0.717, 1.165) is 34.3 Å². The highest BCUT2D eigenvalue weighted by Crippen LogP contribution is 2.34. The Kier molecular flexibility index (Phi) is 11.6. The maximum atomic E-state index is 13.2. The average Bonchev–Trinajstić information content (AvgIpc) is 2.79. The van der Waals surface area contributed by atoms with E-state index in [1.807, 2.05) is 59.8 Å². The number of nitrogens with one attached hydrogen (secondary N) is 1. The van der Waals surface area contributed by atoms with E-state index in [1.54, 1.807) is 20.0 Å². The molecule has 5 nitrogen and oxygen atoms in total. The van der Waals surface area contributed by atoms with Crippen LogP contribution in [0.25, 0.3) is 0 Å². The highest BCUT2D eigenvalue weighted by Gasteiger charge is 2.23. The number of carbonyl (C=O) groups is 3. The van der Waals surface area contributed by atoms with E-state index in [9.17, 15) is 14.4 Å². The summed E-state index contributed by atoms with van der Waals surface area (Å²) in [7, 11) is 1.56. The predicted molar refractivity (Wildman–Crippen MR) is 148 cm³/mol. The fourth-order valence-electron chi connectivity index (χ4n) is 3.90. The van der Waals surface area contributed by atoms with Gasteiger partial charge in [-0.25, -0.2) is 4.79 Å². The number of rotatable bonds is 10. The predicted octanol–water partition coefficient (Wildman–Crippen LogP) is 6.55. The summed E-state index contributed by atoms with van der Waals surface area (Å²) in [6, 6.07) is 6.11. The third-order valence-corrected chi connectivity index (χ3v) is 6.30. The number of benzene rings is 1. The number of amides is 1. The van der Waals surface area contributed by atoms with Crippen molar-refractivity contribution in [1.29, 1.82) is 0 Å². The Hall–Kier alpha value is -2.95. The lowest BCUT2D eigenvalue weighted by molar-refractivity contribution is -0.149. The van der Waals surface area contributed by atoms with Crippen molar-refractivity contribution < 1.29 is 19.1 Å². The molecule has 1 N–H and O–H groups in total. The lowest BCUT2D eigenvalue weighted by Gasteiger charge is -2.23. The van der Waals surface area contributed by atoms with Gasteiger partial charge in [-0.2, -0.15) is 0 Å². The molecule has 1 unspecified atom stereocenters. The van der Waals surface area contributed by atoms with Gasteiger partial charge >= 0.3 is 5.97 Å². The third-order valence-electron chi connectivity index (χ3n) is 6.30. The first kappa shape index (κ1) is 31.1. The highest BCUT2D eigenvalue weighted by atomic mass is 16.6. The molecule has 0 aliphatic carbocycles. The van der Waals surface area contributed by atoms with Crippen LogP contribution in [0.4, 0.5) is 0 Å². The maximum Gasteiger partial charge on any atom is 0.338 e. The van der Waals surface area contributed by atoms with Gasteiger partial charge in [0.25, 0.3) is 0 Å². The average molecular weight is 496 g/mol. The Morgan fingerprint density at radius 1 is 1.06 bits per heavy atom. The van der Waals surface area contributed by atoms with Crippen LogP contribution in [0.1, 0.15) is 91.3 Å². The largest absolute Gasteiger partial charge is 0.456 e. The van der Waals surface area contributed by atoms with Gasteiger partial charge in [-0.05, 0) is 82.4 Å². The van der Waals surface area contributed by atoms with Crippen molar-refractivity contribution in [1.82, 2.24) is 5.32 Å². The molecule has 0 fully saturated rings. The van der Waals surface area contributed by atoms with E-state index in [2.05, 4.69) is 32.2 Å². The smallest absolute Gasteiger partial charge is 0.338 e. The minimum absolute atomic E-state index is 0.0448. The molecule has 0 bridgehead atoms. The number of ketones is 1. The summed E-state index contributed by atoms with van der Waals surface area (Å²) in [5.74, 6) is -0.672. The summed E-state index contributed by atoms with van der Waals surface area (Å²) >= 11 is 0. The summed E-state index contributed by atoms with van der Waals surface area (Å²) in [5.41, 5.74) is 5.32. The van der Waals surface area contributed by atoms with Crippen LogP contribution < -0.4 is 5.32 Å². The van der Waals surface area contributed by atoms with Gasteiger partial charge in [0.05, 0.1) is 5.57 Å². The second kappa shape index (κ2) is 13.4. The fraction of sp³-hybridized carbons (Fsp3) is 0.516. The van der Waals surface area contributed by atoms with Crippen molar-refractivity contribution in [3.63, 3.8) is 0 Å². The first-order chi connectivity index (χ1) is 16.6. The standard InChI is InChI=1S/C31H45NO4/c1-12-20(4)26(17-24(16-22(6)29(34)32-11)30(35)36-31(8,9)10)23(7)25-15-13-14-21(5)27(25)18-28(33)19(2)3/h13-17,19,23H,12,18H2,1-11H3,(H,32,34)/b22-16+,24-17+,26-20?. The van der Waals surface area contributed by atoms with Crippen molar-refractivity contribution in [2.24, 2.45) is 5.92 Å². The van der Waals surface area contributed by atoms with Crippen molar-refractivity contribution in [3.05, 3.63) is 69.3 Å². The van der Waals surface area contributed by atoms with Crippen LogP contribution in [-0.4, -0.2) is 30.3 Å². The molecule has 5 heteroatoms. The first-order valence-electron chi connectivity index (χ1n) is 12.8. The van der Waals surface area contributed by atoms with E-state index in [0.29, 0.717) is 17.6 Å². The van der Waals surface area contributed by atoms with Crippen LogP contribution in [0.15, 0.2) is 52.6 Å². The molecule has 0 heterocycles. The summed E-state index contributed by atoms with van der Waals surface area (Å²) in [6.07, 6.45) is 4.60. The minimum Gasteiger partial charge on any atom is -0.456 e. The lowest BCUT2D eigenvalue weighted by Crippen LogP contribution is -2.25. The molecule has 1 rings (SSSR count). The molecule has 0 saturated carbocycles. The molecule has 0 aliphatic heterocycles. The molecular formula is C31H45NO4. The quantitative estimate of drug-likeness (QED) is 0.227. The highest BCUT2D eigenvalue weighted by molar-refractivity contribution is 5.98. The van der Waals surface area contributed by atoms with Crippen LogP contribution in [-0.2, 0) is 25.5 Å². The Balaban J connectivity index is 3.77. The second-order valence-corrected chi connectivity index (χ2v) is 10.8. The van der Waals surface area contributed by atoms with Crippen molar-refractivity contribution in [2.45, 2.75) is 93.6 Å². The number of ether oxygens (including phenoxy) is 1. The zero-order valence-electron chi connectivity index (χ0n) is 24.1. The number of allylic oxidation sites excluding steroid dienone is 3. The molecule has 1 atom stereocenters. The summed E-state index contributed by atoms with van der Waals surface area (Å²) < 4.78 is 5.68. The summed E-state index contributed by atoms with van der Waals surface area (Å²) in [5, 5.41) is 2.60. The normalized spacial score (nSPS) is 14.3. The van der Waals surface area contributed by atoms with Crippen LogP contribution in [0, 0.1) is 12.8 Å². The van der Waals surface area contributed by atoms with E-state index < -0.39 is 11.6 Å². The third kappa shape index (κ3) is 8.92. The van der Waals surface area contributed by atoms with Gasteiger partial charge in [-0.15, -0.1) is 0 Å². The van der Waals surface area contributed by atoms with Gasteiger partial charge in [-0.1, -0.05) is 51.5 Å². The molecule has 0 saturated heterocycles. The summed E-state index contributed by atoms with van der Waals surface area (Å²) in [6.45, 7) is 19.2. The Morgan fingerprint density at radius 2 is 1.67 bits per heavy atom. The Labute approximate surface area is 218 Å². The SMILES string of the molecule is CCC(C)=C(/C=C(\C=C(/C)C(=O)NC)C(=O)OC(C)(C)C)C(C)c1cccc(C)c1CC(=O)C(C)C. The molecule has 0 aromatic heterocycles. The number of esters is 1. The topological polar surface area (TPSA) is 72.5 Å². The van der Waals surface area contributed by atoms with Crippen molar-refractivity contribution >= 4 is 17.7 Å². The number of likely N-dealkylation sites (N-methyl/N-ethyl adjacent to an activating group) is 1. The first-order valence-corrected chi connectivity index (χ1v) is 12.8. The van der Waals surface area contributed by atoms with Gasteiger partial charge in [-0.3, -0.25) is 9.59 Å².